The van der Waals surface area contributed by atoms with Gasteiger partial charge >= 0.3 is 0 Å². The lowest BCUT2D eigenvalue weighted by atomic mass is 9.96. The van der Waals surface area contributed by atoms with Crippen molar-refractivity contribution in [1.29, 1.82) is 0 Å². The number of piperidine rings is 1. The minimum absolute atomic E-state index is 0.238. The van der Waals surface area contributed by atoms with E-state index in [4.69, 9.17) is 15.1 Å². The van der Waals surface area contributed by atoms with Crippen molar-refractivity contribution in [3.8, 4) is 11.4 Å². The minimum atomic E-state index is 0.238. The molecule has 0 amide bonds. The Bertz CT molecular complexity index is 919. The van der Waals surface area contributed by atoms with Gasteiger partial charge in [-0.25, -0.2) is 9.97 Å². The number of likely N-dealkylation sites (tertiary alicyclic amines) is 1. The summed E-state index contributed by atoms with van der Waals surface area (Å²) in [6, 6.07) is 3.86. The van der Waals surface area contributed by atoms with Crippen molar-refractivity contribution in [3.63, 3.8) is 0 Å². The van der Waals surface area contributed by atoms with E-state index >= 15 is 0 Å². The molecule has 3 aromatic rings. The van der Waals surface area contributed by atoms with Crippen LogP contribution in [0.25, 0.3) is 22.4 Å². The Kier molecular flexibility index (Phi) is 5.50. The molecule has 0 radical (unpaired) electrons. The van der Waals surface area contributed by atoms with Gasteiger partial charge in [0.05, 0.1) is 18.2 Å². The van der Waals surface area contributed by atoms with Crippen LogP contribution in [0.5, 0.6) is 0 Å². The summed E-state index contributed by atoms with van der Waals surface area (Å²) < 4.78 is 1.80. The average Bonchev–Trinajstić information content (AvgIpc) is 3.10. The van der Waals surface area contributed by atoms with Gasteiger partial charge in [0.15, 0.2) is 11.5 Å². The minimum Gasteiger partial charge on any atom is -0.395 e. The summed E-state index contributed by atoms with van der Waals surface area (Å²) in [5.74, 6) is 2.23. The van der Waals surface area contributed by atoms with Gasteiger partial charge in [0.25, 0.3) is 0 Å². The number of aliphatic hydroxyl groups is 1. The van der Waals surface area contributed by atoms with E-state index in [0.29, 0.717) is 11.7 Å². The van der Waals surface area contributed by atoms with Crippen LogP contribution in [0.4, 0.5) is 5.82 Å². The molecule has 1 aliphatic heterocycles. The molecule has 0 spiro atoms. The molecule has 8 nitrogen and oxygen atoms in total. The number of hydrogen-bond acceptors (Lipinski definition) is 7. The quantitative estimate of drug-likeness (QED) is 0.694. The maximum atomic E-state index is 9.13. The third-order valence-corrected chi connectivity index (χ3v) is 5.53. The first-order valence-corrected chi connectivity index (χ1v) is 9.80. The molecule has 4 heterocycles. The Morgan fingerprint density at radius 2 is 1.93 bits per heavy atom. The Morgan fingerprint density at radius 1 is 1.18 bits per heavy atom. The van der Waals surface area contributed by atoms with E-state index in [0.717, 1.165) is 61.4 Å². The predicted molar refractivity (Wildman–Crippen MR) is 109 cm³/mol. The third kappa shape index (κ3) is 3.83. The first-order chi connectivity index (χ1) is 13.7. The molecule has 148 valence electrons. The number of aryl methyl sites for hydroxylation is 1. The van der Waals surface area contributed by atoms with E-state index in [1.165, 1.54) is 0 Å². The van der Waals surface area contributed by atoms with Gasteiger partial charge in [0.1, 0.15) is 5.82 Å². The van der Waals surface area contributed by atoms with E-state index in [1.54, 1.807) is 17.1 Å². The summed E-state index contributed by atoms with van der Waals surface area (Å²) in [4.78, 5) is 18.3. The van der Waals surface area contributed by atoms with Crippen LogP contribution >= 0.6 is 0 Å². The Hall–Kier alpha value is -2.58. The molecule has 1 saturated heterocycles. The van der Waals surface area contributed by atoms with Crippen LogP contribution in [-0.2, 0) is 7.05 Å². The molecule has 0 saturated carbocycles. The third-order valence-electron chi connectivity index (χ3n) is 5.53. The van der Waals surface area contributed by atoms with E-state index in [1.807, 2.05) is 25.4 Å². The summed E-state index contributed by atoms with van der Waals surface area (Å²) in [5, 5.41) is 14.5. The number of anilines is 1. The summed E-state index contributed by atoms with van der Waals surface area (Å²) in [7, 11) is 4.01. The second kappa shape index (κ2) is 8.20. The zero-order chi connectivity index (χ0) is 19.5. The number of aromatic nitrogens is 5. The monoisotopic (exact) mass is 381 g/mol. The number of pyridine rings is 1. The topological polar surface area (TPSA) is 83.2 Å². The fourth-order valence-electron chi connectivity index (χ4n) is 3.94. The van der Waals surface area contributed by atoms with Gasteiger partial charge in [-0.2, -0.15) is 5.10 Å². The molecule has 0 bridgehead atoms. The molecule has 0 aliphatic carbocycles. The molecular formula is C20H27N7O. The molecule has 1 fully saturated rings. The van der Waals surface area contributed by atoms with Gasteiger partial charge in [0, 0.05) is 45.1 Å². The van der Waals surface area contributed by atoms with Crippen molar-refractivity contribution in [2.75, 3.05) is 44.7 Å². The maximum Gasteiger partial charge on any atom is 0.164 e. The van der Waals surface area contributed by atoms with Crippen LogP contribution in [-0.4, -0.2) is 74.6 Å². The zero-order valence-electron chi connectivity index (χ0n) is 16.5. The van der Waals surface area contributed by atoms with Crippen molar-refractivity contribution in [3.05, 3.63) is 30.7 Å². The van der Waals surface area contributed by atoms with Gasteiger partial charge in [-0.3, -0.25) is 9.67 Å². The van der Waals surface area contributed by atoms with Gasteiger partial charge in [-0.15, -0.1) is 0 Å². The molecule has 4 rings (SSSR count). The number of aliphatic hydroxyl groups excluding tert-OH is 1. The molecule has 0 atom stereocenters. The smallest absolute Gasteiger partial charge is 0.164 e. The summed E-state index contributed by atoms with van der Waals surface area (Å²) >= 11 is 0. The number of hydrogen-bond donors (Lipinski definition) is 1. The largest absolute Gasteiger partial charge is 0.395 e. The number of rotatable bonds is 6. The molecule has 0 unspecified atom stereocenters. The van der Waals surface area contributed by atoms with Crippen LogP contribution in [0.3, 0.4) is 0 Å². The lowest BCUT2D eigenvalue weighted by Gasteiger charge is -2.33. The summed E-state index contributed by atoms with van der Waals surface area (Å²) in [6.45, 7) is 4.06. The van der Waals surface area contributed by atoms with Crippen molar-refractivity contribution in [1.82, 2.24) is 29.6 Å². The molecule has 28 heavy (non-hydrogen) atoms. The molecule has 8 heteroatoms. The fourth-order valence-corrected chi connectivity index (χ4v) is 3.94. The molecular weight excluding hydrogens is 354 g/mol. The lowest BCUT2D eigenvalue weighted by Crippen LogP contribution is -2.39. The first-order valence-electron chi connectivity index (χ1n) is 9.80. The van der Waals surface area contributed by atoms with Gasteiger partial charge < -0.3 is 14.9 Å². The van der Waals surface area contributed by atoms with Crippen molar-refractivity contribution in [2.45, 2.75) is 12.8 Å². The summed E-state index contributed by atoms with van der Waals surface area (Å²) in [5.41, 5.74) is 1.78. The summed E-state index contributed by atoms with van der Waals surface area (Å²) in [6.07, 6.45) is 7.65. The second-order valence-electron chi connectivity index (χ2n) is 7.50. The normalized spacial score (nSPS) is 16.0. The van der Waals surface area contributed by atoms with Gasteiger partial charge in [-0.1, -0.05) is 0 Å². The van der Waals surface area contributed by atoms with Crippen LogP contribution in [0.2, 0.25) is 0 Å². The predicted octanol–water partition coefficient (Wildman–Crippen LogP) is 1.57. The lowest BCUT2D eigenvalue weighted by molar-refractivity contribution is 0.149. The highest BCUT2D eigenvalue weighted by Gasteiger charge is 2.22. The number of nitrogens with zero attached hydrogens (tertiary/aromatic N) is 7. The first kappa shape index (κ1) is 18.8. The van der Waals surface area contributed by atoms with Crippen LogP contribution in [0.1, 0.15) is 12.8 Å². The zero-order valence-corrected chi connectivity index (χ0v) is 16.5. The Labute approximate surface area is 164 Å². The van der Waals surface area contributed by atoms with E-state index in [9.17, 15) is 0 Å². The Balaban J connectivity index is 1.59. The van der Waals surface area contributed by atoms with Crippen molar-refractivity contribution < 1.29 is 5.11 Å². The number of fused-ring (bicyclic) bond motifs is 1. The molecule has 0 aromatic carbocycles. The van der Waals surface area contributed by atoms with Crippen LogP contribution in [0.15, 0.2) is 30.7 Å². The molecule has 1 aliphatic rings. The van der Waals surface area contributed by atoms with E-state index < -0.39 is 0 Å². The SMILES string of the molecule is CN(CC1CCN(CCO)CC1)c1nc(-c2ccncc2)nc2c1cnn2C. The van der Waals surface area contributed by atoms with Gasteiger partial charge in [0.2, 0.25) is 0 Å². The van der Waals surface area contributed by atoms with E-state index in [2.05, 4.69) is 26.9 Å². The van der Waals surface area contributed by atoms with E-state index in [-0.39, 0.29) is 6.61 Å². The molecule has 3 aromatic heterocycles. The standard InChI is InChI=1S/C20H27N7O/c1-25(14-15-5-9-27(10-6-15)11-12-28)19-17-13-22-26(2)20(17)24-18(23-19)16-3-7-21-8-4-16/h3-4,7-8,13,15,28H,5-6,9-12,14H2,1-2H3. The number of β-amino-alcohol motifs (C(OH)–C–C–N with tert-alkyl or cyclic N) is 1. The maximum absolute atomic E-state index is 9.13. The second-order valence-corrected chi connectivity index (χ2v) is 7.50. The highest BCUT2D eigenvalue weighted by Crippen LogP contribution is 2.28. The van der Waals surface area contributed by atoms with Crippen LogP contribution < -0.4 is 4.90 Å². The Morgan fingerprint density at radius 3 is 2.64 bits per heavy atom. The van der Waals surface area contributed by atoms with Gasteiger partial charge in [-0.05, 0) is 44.0 Å². The van der Waals surface area contributed by atoms with Crippen LogP contribution in [0, 0.1) is 5.92 Å². The van der Waals surface area contributed by atoms with Crippen molar-refractivity contribution in [2.24, 2.45) is 13.0 Å². The molecule has 1 N–H and O–H groups in total. The highest BCUT2D eigenvalue weighted by molar-refractivity contribution is 5.88. The average molecular weight is 381 g/mol. The van der Waals surface area contributed by atoms with Crippen molar-refractivity contribution >= 4 is 16.9 Å². The fraction of sp³-hybridized carbons (Fsp3) is 0.500. The highest BCUT2D eigenvalue weighted by atomic mass is 16.3.